The van der Waals surface area contributed by atoms with Crippen molar-refractivity contribution in [1.82, 2.24) is 4.31 Å². The Kier molecular flexibility index (Phi) is 7.73. The minimum absolute atomic E-state index is 0.171. The number of hydrogen-bond acceptors (Lipinski definition) is 4. The molecule has 0 bridgehead atoms. The van der Waals surface area contributed by atoms with Crippen LogP contribution in [0.5, 0.6) is 5.75 Å². The highest BCUT2D eigenvalue weighted by Gasteiger charge is 2.34. The quantitative estimate of drug-likeness (QED) is 0.642. The fourth-order valence-electron chi connectivity index (χ4n) is 4.07. The smallest absolute Gasteiger partial charge is 0.243 e. The van der Waals surface area contributed by atoms with E-state index in [4.69, 9.17) is 4.74 Å². The van der Waals surface area contributed by atoms with Crippen LogP contribution in [0, 0.1) is 13.8 Å². The van der Waals surface area contributed by atoms with Gasteiger partial charge in [0.15, 0.2) is 0 Å². The highest BCUT2D eigenvalue weighted by atomic mass is 32.2. The number of ether oxygens (including phenoxy) is 1. The first-order chi connectivity index (χ1) is 14.8. The summed E-state index contributed by atoms with van der Waals surface area (Å²) in [6.07, 6.45) is 4.58. The molecule has 1 aliphatic carbocycles. The second-order valence-electron chi connectivity index (χ2n) is 8.11. The maximum absolute atomic E-state index is 13.5. The molecule has 0 heterocycles. The Bertz CT molecular complexity index is 997. The van der Waals surface area contributed by atoms with E-state index in [0.29, 0.717) is 18.0 Å². The third kappa shape index (κ3) is 5.86. The summed E-state index contributed by atoms with van der Waals surface area (Å²) in [5, 5.41) is 2.89. The number of carbonyl (C=O) groups excluding carboxylic acids is 1. The maximum Gasteiger partial charge on any atom is 0.243 e. The molecule has 0 saturated heterocycles. The Balaban J connectivity index is 1.84. The maximum atomic E-state index is 13.5. The number of nitrogens with zero attached hydrogens (tertiary/aromatic N) is 1. The van der Waals surface area contributed by atoms with E-state index in [1.54, 1.807) is 24.3 Å². The standard InChI is InChI=1S/C24H32N2O4S/c1-4-30-21-11-13-22(14-12-21)31(28,29)26(20-8-6-5-7-9-20)17-24(27)25-23-15-10-18(2)16-19(23)3/h10-16,20H,4-9,17H2,1-3H3,(H,25,27). The van der Waals surface area contributed by atoms with Crippen molar-refractivity contribution in [2.24, 2.45) is 0 Å². The first-order valence-electron chi connectivity index (χ1n) is 10.9. The number of benzene rings is 2. The van der Waals surface area contributed by atoms with Gasteiger partial charge in [0.05, 0.1) is 18.0 Å². The number of anilines is 1. The summed E-state index contributed by atoms with van der Waals surface area (Å²) in [6.45, 7) is 6.11. The van der Waals surface area contributed by atoms with E-state index in [-0.39, 0.29) is 23.4 Å². The average molecular weight is 445 g/mol. The van der Waals surface area contributed by atoms with Gasteiger partial charge in [0.1, 0.15) is 5.75 Å². The molecule has 0 spiro atoms. The van der Waals surface area contributed by atoms with E-state index in [9.17, 15) is 13.2 Å². The predicted octanol–water partition coefficient (Wildman–Crippen LogP) is 4.66. The first-order valence-corrected chi connectivity index (χ1v) is 12.4. The molecule has 0 atom stereocenters. The Morgan fingerprint density at radius 3 is 2.35 bits per heavy atom. The van der Waals surface area contributed by atoms with E-state index in [1.807, 2.05) is 39.0 Å². The molecule has 0 aromatic heterocycles. The molecule has 0 aliphatic heterocycles. The van der Waals surface area contributed by atoms with E-state index in [0.717, 1.165) is 43.2 Å². The van der Waals surface area contributed by atoms with Crippen molar-refractivity contribution in [1.29, 1.82) is 0 Å². The number of aryl methyl sites for hydroxylation is 2. The third-order valence-corrected chi connectivity index (χ3v) is 7.59. The van der Waals surface area contributed by atoms with Crippen molar-refractivity contribution < 1.29 is 17.9 Å². The van der Waals surface area contributed by atoms with Crippen LogP contribution in [0.4, 0.5) is 5.69 Å². The number of hydrogen-bond donors (Lipinski definition) is 1. The lowest BCUT2D eigenvalue weighted by Gasteiger charge is -2.33. The van der Waals surface area contributed by atoms with Gasteiger partial charge < -0.3 is 10.1 Å². The Hall–Kier alpha value is -2.38. The lowest BCUT2D eigenvalue weighted by molar-refractivity contribution is -0.116. The largest absolute Gasteiger partial charge is 0.494 e. The normalized spacial score (nSPS) is 15.1. The minimum atomic E-state index is -3.82. The lowest BCUT2D eigenvalue weighted by atomic mass is 9.95. The van der Waals surface area contributed by atoms with Crippen LogP contribution in [0.1, 0.15) is 50.2 Å². The van der Waals surface area contributed by atoms with Crippen molar-refractivity contribution in [3.8, 4) is 5.75 Å². The van der Waals surface area contributed by atoms with Gasteiger partial charge in [-0.1, -0.05) is 37.0 Å². The highest BCUT2D eigenvalue weighted by molar-refractivity contribution is 7.89. The molecule has 168 valence electrons. The van der Waals surface area contributed by atoms with Crippen molar-refractivity contribution in [2.75, 3.05) is 18.5 Å². The molecule has 1 fully saturated rings. The average Bonchev–Trinajstić information content (AvgIpc) is 2.75. The second kappa shape index (κ2) is 10.3. The van der Waals surface area contributed by atoms with Crippen molar-refractivity contribution in [3.05, 3.63) is 53.6 Å². The van der Waals surface area contributed by atoms with Gasteiger partial charge in [-0.15, -0.1) is 0 Å². The molecule has 1 amide bonds. The van der Waals surface area contributed by atoms with Gasteiger partial charge in [-0.05, 0) is 69.5 Å². The van der Waals surface area contributed by atoms with Crippen LogP contribution >= 0.6 is 0 Å². The molecular weight excluding hydrogens is 412 g/mol. The summed E-state index contributed by atoms with van der Waals surface area (Å²) in [5.41, 5.74) is 2.77. The third-order valence-electron chi connectivity index (χ3n) is 5.68. The summed E-state index contributed by atoms with van der Waals surface area (Å²) in [7, 11) is -3.82. The van der Waals surface area contributed by atoms with Crippen LogP contribution in [-0.4, -0.2) is 37.8 Å². The zero-order chi connectivity index (χ0) is 22.4. The summed E-state index contributed by atoms with van der Waals surface area (Å²) >= 11 is 0. The zero-order valence-electron chi connectivity index (χ0n) is 18.6. The van der Waals surface area contributed by atoms with Crippen LogP contribution in [0.25, 0.3) is 0 Å². The molecule has 1 saturated carbocycles. The van der Waals surface area contributed by atoms with Gasteiger partial charge in [0, 0.05) is 11.7 Å². The molecule has 2 aromatic rings. The monoisotopic (exact) mass is 444 g/mol. The topological polar surface area (TPSA) is 75.7 Å². The minimum Gasteiger partial charge on any atom is -0.494 e. The number of amides is 1. The summed E-state index contributed by atoms with van der Waals surface area (Å²) in [5.74, 6) is 0.297. The molecule has 1 aliphatic rings. The van der Waals surface area contributed by atoms with E-state index >= 15 is 0 Å². The molecule has 3 rings (SSSR count). The molecular formula is C24H32N2O4S. The molecule has 1 N–H and O–H groups in total. The fourth-order valence-corrected chi connectivity index (χ4v) is 5.72. The Labute approximate surface area is 185 Å². The molecule has 0 radical (unpaired) electrons. The summed E-state index contributed by atoms with van der Waals surface area (Å²) < 4.78 is 33.8. The molecule has 6 nitrogen and oxygen atoms in total. The number of rotatable bonds is 8. The van der Waals surface area contributed by atoms with Crippen LogP contribution in [0.15, 0.2) is 47.4 Å². The summed E-state index contributed by atoms with van der Waals surface area (Å²) in [6, 6.07) is 12.0. The number of nitrogens with one attached hydrogen (secondary N) is 1. The van der Waals surface area contributed by atoms with Crippen LogP contribution in [0.3, 0.4) is 0 Å². The Morgan fingerprint density at radius 1 is 1.06 bits per heavy atom. The van der Waals surface area contributed by atoms with Crippen molar-refractivity contribution in [3.63, 3.8) is 0 Å². The van der Waals surface area contributed by atoms with Gasteiger partial charge in [-0.2, -0.15) is 4.31 Å². The lowest BCUT2D eigenvalue weighted by Crippen LogP contribution is -2.45. The van der Waals surface area contributed by atoms with Crippen molar-refractivity contribution in [2.45, 2.75) is 63.8 Å². The molecule has 7 heteroatoms. The van der Waals surface area contributed by atoms with Crippen LogP contribution < -0.4 is 10.1 Å². The highest BCUT2D eigenvalue weighted by Crippen LogP contribution is 2.29. The van der Waals surface area contributed by atoms with Gasteiger partial charge in [0.25, 0.3) is 0 Å². The first kappa shape index (κ1) is 23.3. The SMILES string of the molecule is CCOc1ccc(S(=O)(=O)N(CC(=O)Nc2ccc(C)cc2C)C2CCCCC2)cc1. The second-order valence-corrected chi connectivity index (χ2v) is 10.0. The zero-order valence-corrected chi connectivity index (χ0v) is 19.4. The molecule has 0 unspecified atom stereocenters. The number of sulfonamides is 1. The van der Waals surface area contributed by atoms with E-state index < -0.39 is 10.0 Å². The van der Waals surface area contributed by atoms with Crippen molar-refractivity contribution >= 4 is 21.6 Å². The molecule has 31 heavy (non-hydrogen) atoms. The predicted molar refractivity (Wildman–Crippen MR) is 123 cm³/mol. The van der Waals surface area contributed by atoms with Gasteiger partial charge in [0.2, 0.25) is 15.9 Å². The fraction of sp³-hybridized carbons (Fsp3) is 0.458. The van der Waals surface area contributed by atoms with Crippen LogP contribution in [-0.2, 0) is 14.8 Å². The molecule has 2 aromatic carbocycles. The van der Waals surface area contributed by atoms with Crippen LogP contribution in [0.2, 0.25) is 0 Å². The van der Waals surface area contributed by atoms with Gasteiger partial charge in [-0.25, -0.2) is 8.42 Å². The number of carbonyl (C=O) groups is 1. The van der Waals surface area contributed by atoms with E-state index in [2.05, 4.69) is 5.32 Å². The van der Waals surface area contributed by atoms with E-state index in [1.165, 1.54) is 4.31 Å². The Morgan fingerprint density at radius 2 is 1.74 bits per heavy atom. The van der Waals surface area contributed by atoms with Gasteiger partial charge in [-0.3, -0.25) is 4.79 Å². The van der Waals surface area contributed by atoms with Gasteiger partial charge >= 0.3 is 0 Å². The summed E-state index contributed by atoms with van der Waals surface area (Å²) in [4.78, 5) is 13.1.